The molecule has 30 heavy (non-hydrogen) atoms. The zero-order chi connectivity index (χ0) is 20.8. The van der Waals surface area contributed by atoms with Crippen molar-refractivity contribution in [1.29, 1.82) is 0 Å². The van der Waals surface area contributed by atoms with Crippen LogP contribution in [-0.4, -0.2) is 40.6 Å². The van der Waals surface area contributed by atoms with Crippen molar-refractivity contribution in [2.45, 2.75) is 32.7 Å². The lowest BCUT2D eigenvalue weighted by molar-refractivity contribution is -0.134. The molecule has 1 saturated heterocycles. The molecule has 4 rings (SSSR count). The van der Waals surface area contributed by atoms with E-state index in [4.69, 9.17) is 4.52 Å². The fourth-order valence-electron chi connectivity index (χ4n) is 4.32. The molecule has 6 nitrogen and oxygen atoms in total. The van der Waals surface area contributed by atoms with E-state index in [1.54, 1.807) is 0 Å². The largest absolute Gasteiger partial charge is 0.361 e. The lowest BCUT2D eigenvalue weighted by Crippen LogP contribution is -2.52. The second kappa shape index (κ2) is 9.22. The van der Waals surface area contributed by atoms with Gasteiger partial charge >= 0.3 is 0 Å². The Morgan fingerprint density at radius 2 is 2.03 bits per heavy atom. The molecule has 6 heteroatoms. The number of carbonyl (C=O) groups is 1. The van der Waals surface area contributed by atoms with Gasteiger partial charge in [0.1, 0.15) is 11.5 Å². The van der Waals surface area contributed by atoms with E-state index in [-0.39, 0.29) is 5.91 Å². The third-order valence-corrected chi connectivity index (χ3v) is 5.73. The van der Waals surface area contributed by atoms with E-state index in [0.717, 1.165) is 48.6 Å². The van der Waals surface area contributed by atoms with E-state index < -0.39 is 5.41 Å². The molecule has 1 amide bonds. The maximum atomic E-state index is 13.2. The Morgan fingerprint density at radius 1 is 1.20 bits per heavy atom. The monoisotopic (exact) mass is 404 g/mol. The zero-order valence-electron chi connectivity index (χ0n) is 17.4. The third kappa shape index (κ3) is 4.60. The predicted octanol–water partition coefficient (Wildman–Crippen LogP) is 3.70. The van der Waals surface area contributed by atoms with Gasteiger partial charge in [-0.1, -0.05) is 41.6 Å². The van der Waals surface area contributed by atoms with E-state index in [0.29, 0.717) is 19.5 Å². The van der Waals surface area contributed by atoms with Gasteiger partial charge in [-0.3, -0.25) is 14.7 Å². The van der Waals surface area contributed by atoms with E-state index in [2.05, 4.69) is 20.4 Å². The molecule has 0 spiro atoms. The van der Waals surface area contributed by atoms with Crippen molar-refractivity contribution >= 4 is 5.91 Å². The predicted molar refractivity (Wildman–Crippen MR) is 116 cm³/mol. The topological polar surface area (TPSA) is 71.3 Å². The highest BCUT2D eigenvalue weighted by molar-refractivity contribution is 5.83. The van der Waals surface area contributed by atoms with Gasteiger partial charge in [-0.25, -0.2) is 0 Å². The van der Waals surface area contributed by atoms with Crippen LogP contribution in [0.3, 0.4) is 0 Å². The minimum atomic E-state index is -0.531. The maximum absolute atomic E-state index is 13.2. The number of amides is 1. The SMILES string of the molecule is CCNC(=O)[C@]1(Cc2cc(-c3ccccc3)no2)CCCN(Cc2ccccn2)C1. The number of hydrogen-bond acceptors (Lipinski definition) is 5. The van der Waals surface area contributed by atoms with Crippen LogP contribution >= 0.6 is 0 Å². The van der Waals surface area contributed by atoms with Crippen LogP contribution in [0.25, 0.3) is 11.3 Å². The van der Waals surface area contributed by atoms with E-state index in [1.165, 1.54) is 0 Å². The molecule has 2 aromatic heterocycles. The Bertz CT molecular complexity index is 958. The molecule has 0 bridgehead atoms. The average Bonchev–Trinajstić information content (AvgIpc) is 3.24. The number of nitrogens with one attached hydrogen (secondary N) is 1. The first-order valence-electron chi connectivity index (χ1n) is 10.6. The lowest BCUT2D eigenvalue weighted by Gasteiger charge is -2.41. The number of piperidine rings is 1. The van der Waals surface area contributed by atoms with Crippen molar-refractivity contribution in [3.63, 3.8) is 0 Å². The van der Waals surface area contributed by atoms with Gasteiger partial charge in [0.2, 0.25) is 5.91 Å². The van der Waals surface area contributed by atoms with Crippen molar-refractivity contribution in [2.75, 3.05) is 19.6 Å². The van der Waals surface area contributed by atoms with Gasteiger partial charge in [0, 0.05) is 43.9 Å². The number of rotatable bonds is 7. The Labute approximate surface area is 177 Å². The summed E-state index contributed by atoms with van der Waals surface area (Å²) in [6, 6.07) is 17.9. The Morgan fingerprint density at radius 3 is 2.80 bits per heavy atom. The van der Waals surface area contributed by atoms with Gasteiger partial charge < -0.3 is 9.84 Å². The van der Waals surface area contributed by atoms with Crippen LogP contribution in [0.5, 0.6) is 0 Å². The van der Waals surface area contributed by atoms with Gasteiger partial charge in [0.05, 0.1) is 11.1 Å². The summed E-state index contributed by atoms with van der Waals surface area (Å²) in [4.78, 5) is 20.0. The van der Waals surface area contributed by atoms with Crippen LogP contribution < -0.4 is 5.32 Å². The van der Waals surface area contributed by atoms with Crippen molar-refractivity contribution in [3.8, 4) is 11.3 Å². The molecule has 1 aliphatic rings. The number of likely N-dealkylation sites (tertiary alicyclic amines) is 1. The summed E-state index contributed by atoms with van der Waals surface area (Å²) in [5.74, 6) is 0.841. The second-order valence-corrected chi connectivity index (χ2v) is 8.00. The molecular weight excluding hydrogens is 376 g/mol. The van der Waals surface area contributed by atoms with Gasteiger partial charge in [-0.15, -0.1) is 0 Å². The van der Waals surface area contributed by atoms with E-state index in [1.807, 2.05) is 67.7 Å². The summed E-state index contributed by atoms with van der Waals surface area (Å²) in [5, 5.41) is 7.30. The normalized spacial score (nSPS) is 19.5. The molecule has 1 aromatic carbocycles. The first-order chi connectivity index (χ1) is 14.7. The fourth-order valence-corrected chi connectivity index (χ4v) is 4.32. The molecular formula is C24H28N4O2. The molecule has 1 atom stereocenters. The van der Waals surface area contributed by atoms with E-state index >= 15 is 0 Å². The molecule has 0 unspecified atom stereocenters. The van der Waals surface area contributed by atoms with Gasteiger partial charge in [-0.05, 0) is 38.4 Å². The minimum Gasteiger partial charge on any atom is -0.361 e. The third-order valence-electron chi connectivity index (χ3n) is 5.73. The van der Waals surface area contributed by atoms with E-state index in [9.17, 15) is 4.79 Å². The number of carbonyl (C=O) groups excluding carboxylic acids is 1. The standard InChI is InChI=1S/C24H28N4O2/c1-2-25-23(29)24(12-8-14-28(18-24)17-20-11-6-7-13-26-20)16-21-15-22(27-30-21)19-9-4-3-5-10-19/h3-7,9-11,13,15H,2,8,12,14,16-18H2,1H3,(H,25,29)/t24-/m0/s1. The maximum Gasteiger partial charge on any atom is 0.227 e. The smallest absolute Gasteiger partial charge is 0.227 e. The Balaban J connectivity index is 1.55. The molecule has 1 N–H and O–H groups in total. The van der Waals surface area contributed by atoms with Crippen LogP contribution in [0.15, 0.2) is 65.3 Å². The highest BCUT2D eigenvalue weighted by Gasteiger charge is 2.43. The number of aromatic nitrogens is 2. The van der Waals surface area contributed by atoms with Crippen LogP contribution in [0.2, 0.25) is 0 Å². The molecule has 0 saturated carbocycles. The summed E-state index contributed by atoms with van der Waals surface area (Å²) in [7, 11) is 0. The number of benzene rings is 1. The summed E-state index contributed by atoms with van der Waals surface area (Å²) in [6.45, 7) is 4.96. The van der Waals surface area contributed by atoms with Crippen LogP contribution in [0.1, 0.15) is 31.2 Å². The molecule has 3 aromatic rings. The fraction of sp³-hybridized carbons (Fsp3) is 0.375. The summed E-state index contributed by atoms with van der Waals surface area (Å²) in [6.07, 6.45) is 4.15. The van der Waals surface area contributed by atoms with Crippen molar-refractivity contribution in [2.24, 2.45) is 5.41 Å². The van der Waals surface area contributed by atoms with Gasteiger partial charge in [0.25, 0.3) is 0 Å². The van der Waals surface area contributed by atoms with Gasteiger partial charge in [0.15, 0.2) is 0 Å². The molecule has 156 valence electrons. The van der Waals surface area contributed by atoms with Crippen molar-refractivity contribution < 1.29 is 9.32 Å². The second-order valence-electron chi connectivity index (χ2n) is 8.00. The first kappa shape index (κ1) is 20.3. The number of pyridine rings is 1. The zero-order valence-corrected chi connectivity index (χ0v) is 17.4. The lowest BCUT2D eigenvalue weighted by atomic mass is 9.75. The van der Waals surface area contributed by atoms with Crippen LogP contribution in [0, 0.1) is 5.41 Å². The molecule has 1 aliphatic heterocycles. The molecule has 0 aliphatic carbocycles. The summed E-state index contributed by atoms with van der Waals surface area (Å²) < 4.78 is 5.67. The molecule has 0 radical (unpaired) electrons. The van der Waals surface area contributed by atoms with Crippen molar-refractivity contribution in [1.82, 2.24) is 20.4 Å². The summed E-state index contributed by atoms with van der Waals surface area (Å²) in [5.41, 5.74) is 2.31. The number of nitrogens with zero attached hydrogens (tertiary/aromatic N) is 3. The molecule has 3 heterocycles. The quantitative estimate of drug-likeness (QED) is 0.650. The first-order valence-corrected chi connectivity index (χ1v) is 10.6. The van der Waals surface area contributed by atoms with Crippen LogP contribution in [0.4, 0.5) is 0 Å². The Hall–Kier alpha value is -2.99. The highest BCUT2D eigenvalue weighted by Crippen LogP contribution is 2.35. The number of hydrogen-bond donors (Lipinski definition) is 1. The van der Waals surface area contributed by atoms with Gasteiger partial charge in [-0.2, -0.15) is 0 Å². The summed E-state index contributed by atoms with van der Waals surface area (Å²) >= 11 is 0. The van der Waals surface area contributed by atoms with Crippen molar-refractivity contribution in [3.05, 3.63) is 72.2 Å². The average molecular weight is 405 g/mol. The van der Waals surface area contributed by atoms with Crippen LogP contribution in [-0.2, 0) is 17.8 Å². The highest BCUT2D eigenvalue weighted by atomic mass is 16.5. The Kier molecular flexibility index (Phi) is 6.23. The minimum absolute atomic E-state index is 0.0911. The molecule has 1 fully saturated rings.